The van der Waals surface area contributed by atoms with Crippen molar-refractivity contribution in [3.8, 4) is 22.1 Å². The summed E-state index contributed by atoms with van der Waals surface area (Å²) in [5.74, 6) is 1.07. The number of hydrogen-bond donors (Lipinski definition) is 1. The first-order chi connectivity index (χ1) is 14.5. The lowest BCUT2D eigenvalue weighted by Crippen LogP contribution is -2.04. The van der Waals surface area contributed by atoms with Gasteiger partial charge in [-0.05, 0) is 73.2 Å². The van der Waals surface area contributed by atoms with E-state index in [4.69, 9.17) is 19.6 Å². The van der Waals surface area contributed by atoms with Crippen molar-refractivity contribution in [2.75, 3.05) is 13.7 Å². The van der Waals surface area contributed by atoms with Crippen LogP contribution in [-0.4, -0.2) is 29.8 Å². The minimum atomic E-state index is -0.735. The first-order valence-corrected chi connectivity index (χ1v) is 10.9. The molecule has 1 aliphatic carbocycles. The van der Waals surface area contributed by atoms with E-state index in [1.54, 1.807) is 18.4 Å². The van der Waals surface area contributed by atoms with Crippen molar-refractivity contribution >= 4 is 17.3 Å². The maximum Gasteiger partial charge on any atom is 0.303 e. The van der Waals surface area contributed by atoms with Gasteiger partial charge in [-0.3, -0.25) is 4.79 Å². The molecule has 4 rings (SSSR count). The fraction of sp³-hybridized carbons (Fsp3) is 0.333. The van der Waals surface area contributed by atoms with Gasteiger partial charge in [0.25, 0.3) is 0 Å². The van der Waals surface area contributed by atoms with Gasteiger partial charge in [0, 0.05) is 16.9 Å². The Labute approximate surface area is 180 Å². The normalized spacial score (nSPS) is 15.1. The van der Waals surface area contributed by atoms with Gasteiger partial charge in [0.1, 0.15) is 16.5 Å². The summed E-state index contributed by atoms with van der Waals surface area (Å²) in [4.78, 5) is 17.0. The van der Waals surface area contributed by atoms with Crippen molar-refractivity contribution in [3.05, 3.63) is 64.2 Å². The predicted molar refractivity (Wildman–Crippen MR) is 118 cm³/mol. The molecule has 0 fully saturated rings. The Morgan fingerprint density at radius 2 is 1.97 bits per heavy atom. The van der Waals surface area contributed by atoms with Crippen LogP contribution in [0.4, 0.5) is 0 Å². The van der Waals surface area contributed by atoms with Crippen molar-refractivity contribution in [2.45, 2.75) is 38.5 Å². The molecule has 1 N–H and O–H groups in total. The molecule has 1 atom stereocenters. The maximum absolute atomic E-state index is 11.0. The van der Waals surface area contributed by atoms with Crippen molar-refractivity contribution in [3.63, 3.8) is 0 Å². The summed E-state index contributed by atoms with van der Waals surface area (Å²) in [5, 5.41) is 10.1. The molecule has 156 valence electrons. The summed E-state index contributed by atoms with van der Waals surface area (Å²) in [6, 6.07) is 14.0. The molecule has 0 unspecified atom stereocenters. The van der Waals surface area contributed by atoms with Crippen molar-refractivity contribution in [2.24, 2.45) is 0 Å². The van der Waals surface area contributed by atoms with E-state index in [9.17, 15) is 4.79 Å². The number of benzene rings is 2. The molecular weight excluding hydrogens is 398 g/mol. The fourth-order valence-corrected chi connectivity index (χ4v) is 4.94. The van der Waals surface area contributed by atoms with Crippen LogP contribution in [0.15, 0.2) is 42.5 Å². The van der Waals surface area contributed by atoms with Crippen LogP contribution in [0.2, 0.25) is 0 Å². The first-order valence-electron chi connectivity index (χ1n) is 10.1. The lowest BCUT2D eigenvalue weighted by Gasteiger charge is -2.10. The van der Waals surface area contributed by atoms with Gasteiger partial charge in [-0.2, -0.15) is 0 Å². The number of thiazole rings is 1. The van der Waals surface area contributed by atoms with E-state index < -0.39 is 5.97 Å². The van der Waals surface area contributed by atoms with Crippen molar-refractivity contribution in [1.29, 1.82) is 0 Å². The Morgan fingerprint density at radius 1 is 1.20 bits per heavy atom. The summed E-state index contributed by atoms with van der Waals surface area (Å²) in [6.45, 7) is 2.65. The molecule has 1 heterocycles. The third kappa shape index (κ3) is 4.49. The number of hydrogen-bond acceptors (Lipinski definition) is 5. The van der Waals surface area contributed by atoms with Gasteiger partial charge < -0.3 is 14.6 Å². The molecule has 0 bridgehead atoms. The smallest absolute Gasteiger partial charge is 0.303 e. The molecule has 2 aromatic carbocycles. The van der Waals surface area contributed by atoms with E-state index in [0.29, 0.717) is 6.61 Å². The highest BCUT2D eigenvalue weighted by Crippen LogP contribution is 2.37. The highest BCUT2D eigenvalue weighted by atomic mass is 32.1. The maximum atomic E-state index is 11.0. The third-order valence-corrected chi connectivity index (χ3v) is 6.64. The van der Waals surface area contributed by atoms with E-state index in [2.05, 4.69) is 13.0 Å². The monoisotopic (exact) mass is 423 g/mol. The van der Waals surface area contributed by atoms with Gasteiger partial charge in [-0.25, -0.2) is 4.98 Å². The number of nitrogens with zero attached hydrogens (tertiary/aromatic N) is 1. The second kappa shape index (κ2) is 8.88. The molecule has 6 heteroatoms. The summed E-state index contributed by atoms with van der Waals surface area (Å²) in [7, 11) is 1.66. The van der Waals surface area contributed by atoms with Gasteiger partial charge in [0.2, 0.25) is 0 Å². The number of ether oxygens (including phenoxy) is 2. The molecule has 30 heavy (non-hydrogen) atoms. The Hall–Kier alpha value is -2.86. The number of carboxylic acid groups (broad SMARTS) is 1. The zero-order valence-corrected chi connectivity index (χ0v) is 18.0. The molecule has 1 aromatic heterocycles. The van der Waals surface area contributed by atoms with E-state index in [1.807, 2.05) is 36.4 Å². The number of aryl methyl sites for hydroxylation is 2. The lowest BCUT2D eigenvalue weighted by molar-refractivity contribution is -0.137. The third-order valence-electron chi connectivity index (χ3n) is 5.57. The van der Waals surface area contributed by atoms with E-state index in [1.165, 1.54) is 10.4 Å². The van der Waals surface area contributed by atoms with Crippen LogP contribution in [0.5, 0.6) is 11.5 Å². The summed E-state index contributed by atoms with van der Waals surface area (Å²) in [6.07, 6.45) is 2.77. The van der Waals surface area contributed by atoms with E-state index in [0.717, 1.165) is 52.6 Å². The molecule has 3 aromatic rings. The topological polar surface area (TPSA) is 68.7 Å². The number of methoxy groups -OCH3 is 1. The summed E-state index contributed by atoms with van der Waals surface area (Å²) in [5.41, 5.74) is 4.52. The average Bonchev–Trinajstić information content (AvgIpc) is 3.31. The van der Waals surface area contributed by atoms with Crippen LogP contribution in [0, 0.1) is 6.92 Å². The standard InChI is InChI=1S/C24H25NO4S/c1-15-22(25-24(30-15)16-5-7-19(28-2)8-6-16)11-12-29-20-9-10-21-17(13-20)3-4-18(21)14-23(26)27/h5-10,13,18H,3-4,11-12,14H2,1-2H3,(H,26,27)/t18-/m0/s1. The Kier molecular flexibility index (Phi) is 6.04. The molecule has 5 nitrogen and oxygen atoms in total. The molecular formula is C24H25NO4S. The lowest BCUT2D eigenvalue weighted by atomic mass is 9.98. The van der Waals surface area contributed by atoms with E-state index in [-0.39, 0.29) is 12.3 Å². The van der Waals surface area contributed by atoms with Crippen LogP contribution in [0.1, 0.15) is 40.5 Å². The van der Waals surface area contributed by atoms with Crippen LogP contribution < -0.4 is 9.47 Å². The number of fused-ring (bicyclic) bond motifs is 1. The summed E-state index contributed by atoms with van der Waals surface area (Å²) >= 11 is 1.69. The van der Waals surface area contributed by atoms with Gasteiger partial charge in [0.15, 0.2) is 0 Å². The molecule has 1 aliphatic rings. The van der Waals surface area contributed by atoms with Crippen molar-refractivity contribution in [1.82, 2.24) is 4.98 Å². The molecule has 0 spiro atoms. The highest BCUT2D eigenvalue weighted by Gasteiger charge is 2.24. The Balaban J connectivity index is 1.37. The average molecular weight is 424 g/mol. The van der Waals surface area contributed by atoms with Crippen LogP contribution in [0.3, 0.4) is 0 Å². The van der Waals surface area contributed by atoms with Crippen LogP contribution in [0.25, 0.3) is 10.6 Å². The van der Waals surface area contributed by atoms with Gasteiger partial charge >= 0.3 is 5.97 Å². The first kappa shape index (κ1) is 20.4. The molecule has 0 radical (unpaired) electrons. The van der Waals surface area contributed by atoms with Gasteiger partial charge in [0.05, 0.1) is 25.8 Å². The summed E-state index contributed by atoms with van der Waals surface area (Å²) < 4.78 is 11.2. The second-order valence-electron chi connectivity index (χ2n) is 7.54. The Bertz CT molecular complexity index is 1040. The number of aromatic nitrogens is 1. The second-order valence-corrected chi connectivity index (χ2v) is 8.75. The largest absolute Gasteiger partial charge is 0.497 e. The van der Waals surface area contributed by atoms with Crippen LogP contribution in [-0.2, 0) is 17.6 Å². The molecule has 0 saturated carbocycles. The SMILES string of the molecule is COc1ccc(-c2nc(CCOc3ccc4c(c3)CC[C@H]4CC(=O)O)c(C)s2)cc1. The zero-order chi connectivity index (χ0) is 21.1. The zero-order valence-electron chi connectivity index (χ0n) is 17.2. The number of rotatable bonds is 8. The minimum Gasteiger partial charge on any atom is -0.497 e. The fourth-order valence-electron chi connectivity index (χ4n) is 3.98. The predicted octanol–water partition coefficient (Wildman–Crippen LogP) is 5.25. The molecule has 0 aliphatic heterocycles. The van der Waals surface area contributed by atoms with Crippen molar-refractivity contribution < 1.29 is 19.4 Å². The molecule has 0 saturated heterocycles. The van der Waals surface area contributed by atoms with E-state index >= 15 is 0 Å². The van der Waals surface area contributed by atoms with Crippen LogP contribution >= 0.6 is 11.3 Å². The minimum absolute atomic E-state index is 0.126. The highest BCUT2D eigenvalue weighted by molar-refractivity contribution is 7.15. The number of carbonyl (C=O) groups is 1. The molecule has 0 amide bonds. The number of carboxylic acids is 1. The van der Waals surface area contributed by atoms with Gasteiger partial charge in [-0.1, -0.05) is 6.07 Å². The Morgan fingerprint density at radius 3 is 2.70 bits per heavy atom. The van der Waals surface area contributed by atoms with Gasteiger partial charge in [-0.15, -0.1) is 11.3 Å². The number of aliphatic carboxylic acids is 1. The quantitative estimate of drug-likeness (QED) is 0.536.